The van der Waals surface area contributed by atoms with Crippen LogP contribution in [0.1, 0.15) is 45.6 Å². The van der Waals surface area contributed by atoms with Gasteiger partial charge in [0, 0.05) is 27.8 Å². The molecule has 1 aromatic heterocycles. The van der Waals surface area contributed by atoms with Crippen molar-refractivity contribution in [3.05, 3.63) is 246 Å². The fraction of sp³-hybridized carbons (Fsp3) is 0.0182. The van der Waals surface area contributed by atoms with Gasteiger partial charge in [0.2, 0.25) is 0 Å². The van der Waals surface area contributed by atoms with Gasteiger partial charge >= 0.3 is 0 Å². The minimum atomic E-state index is -2.94. The highest BCUT2D eigenvalue weighted by atomic mass is 16.3. The van der Waals surface area contributed by atoms with Gasteiger partial charge in [-0.05, 0) is 110 Å². The third-order valence-corrected chi connectivity index (χ3v) is 10.5. The van der Waals surface area contributed by atoms with E-state index in [0.29, 0.717) is 17.0 Å². The van der Waals surface area contributed by atoms with Crippen LogP contribution in [-0.2, 0) is 5.41 Å². The van der Waals surface area contributed by atoms with E-state index >= 15 is 0 Å². The molecule has 2 heteroatoms. The second-order valence-corrected chi connectivity index (χ2v) is 13.6. The van der Waals surface area contributed by atoms with Gasteiger partial charge in [0.15, 0.2) is 0 Å². The summed E-state index contributed by atoms with van der Waals surface area (Å²) < 4.78 is 164. The highest BCUT2D eigenvalue weighted by Crippen LogP contribution is 2.57. The van der Waals surface area contributed by atoms with Crippen LogP contribution in [0.5, 0.6) is 0 Å². The van der Waals surface area contributed by atoms with Crippen molar-refractivity contribution in [1.82, 2.24) is 0 Å². The van der Waals surface area contributed by atoms with Crippen molar-refractivity contribution in [1.29, 1.82) is 0 Å². The topological polar surface area (TPSA) is 16.4 Å². The zero-order valence-electron chi connectivity index (χ0n) is 46.9. The molecule has 9 aromatic carbocycles. The maximum absolute atomic E-state index is 10.6. The first-order chi connectivity index (χ1) is 35.3. The molecule has 0 spiro atoms. The van der Waals surface area contributed by atoms with Gasteiger partial charge in [-0.2, -0.15) is 0 Å². The Morgan fingerprint density at radius 3 is 1.65 bits per heavy atom. The quantitative estimate of drug-likeness (QED) is 0.162. The Labute approximate surface area is 356 Å². The third-order valence-electron chi connectivity index (χ3n) is 10.5. The molecule has 1 aliphatic carbocycles. The predicted molar refractivity (Wildman–Crippen MR) is 237 cm³/mol. The van der Waals surface area contributed by atoms with E-state index in [9.17, 15) is 12.3 Å². The molecular formula is C55H37NO. The summed E-state index contributed by atoms with van der Waals surface area (Å²) in [6.07, 6.45) is 0. The van der Waals surface area contributed by atoms with Gasteiger partial charge in [-0.15, -0.1) is 0 Å². The minimum Gasteiger partial charge on any atom is -0.456 e. The number of hydrogen-bond acceptors (Lipinski definition) is 2. The van der Waals surface area contributed by atoms with Crippen LogP contribution in [0.25, 0.3) is 55.3 Å². The number of anilines is 3. The number of furan rings is 1. The molecule has 0 fully saturated rings. The van der Waals surface area contributed by atoms with Crippen LogP contribution in [0.2, 0.25) is 0 Å². The van der Waals surface area contributed by atoms with Gasteiger partial charge < -0.3 is 9.32 Å². The van der Waals surface area contributed by atoms with Crippen molar-refractivity contribution >= 4 is 39.0 Å². The number of rotatable bonds is 7. The van der Waals surface area contributed by atoms with E-state index in [1.54, 1.807) is 24.3 Å². The second kappa shape index (κ2) is 13.4. The van der Waals surface area contributed by atoms with Crippen molar-refractivity contribution in [2.45, 2.75) is 5.41 Å². The molecule has 0 unspecified atom stereocenters. The summed E-state index contributed by atoms with van der Waals surface area (Å²) in [5.41, 5.74) is -1.65. The molecule has 0 aliphatic heterocycles. The predicted octanol–water partition coefficient (Wildman–Crippen LogP) is 14.8. The molecule has 1 heterocycles. The smallest absolute Gasteiger partial charge is 0.135 e. The summed E-state index contributed by atoms with van der Waals surface area (Å²) in [4.78, 5) is 1.51. The van der Waals surface area contributed by atoms with E-state index in [4.69, 9.17) is 15.4 Å². The average Bonchev–Trinajstić information content (AvgIpc) is 3.97. The molecule has 0 N–H and O–H groups in total. The van der Waals surface area contributed by atoms with Crippen molar-refractivity contribution in [2.24, 2.45) is 0 Å². The molecule has 0 amide bonds. The summed E-state index contributed by atoms with van der Waals surface area (Å²) in [6.45, 7) is 0. The van der Waals surface area contributed by atoms with E-state index in [1.807, 2.05) is 97.1 Å². The SMILES string of the molecule is [2H]c1c([2H])c([2H])c(C2(c3c([2H])c([2H])c([2H])c([2H])c3[2H])c3c([2H])c([2H])c([2H])c([2H])c3-c3c([2H])c([2H])c(N(c4ccc(-c5ccccc5)cc4)c4ccc(-c5ccc6oc7ccccc7c6c5)cc4)c([2H])c32)c([2H])c1[2H]. The highest BCUT2D eigenvalue weighted by molar-refractivity contribution is 6.06. The van der Waals surface area contributed by atoms with Crippen molar-refractivity contribution < 1.29 is 27.7 Å². The van der Waals surface area contributed by atoms with E-state index in [0.717, 1.165) is 38.6 Å². The molecular weight excluding hydrogens is 691 g/mol. The first-order valence-corrected chi connectivity index (χ1v) is 18.2. The van der Waals surface area contributed by atoms with Crippen LogP contribution in [-0.4, -0.2) is 0 Å². The van der Waals surface area contributed by atoms with Gasteiger partial charge in [0.25, 0.3) is 0 Å². The van der Waals surface area contributed by atoms with Crippen LogP contribution in [0.4, 0.5) is 17.1 Å². The molecule has 0 saturated carbocycles. The Morgan fingerprint density at radius 1 is 0.404 bits per heavy atom. The molecule has 2 nitrogen and oxygen atoms in total. The fourth-order valence-electron chi connectivity index (χ4n) is 7.93. The Morgan fingerprint density at radius 2 is 0.947 bits per heavy atom. The lowest BCUT2D eigenvalue weighted by atomic mass is 9.67. The first-order valence-electron chi connectivity index (χ1n) is 26.7. The van der Waals surface area contributed by atoms with Crippen molar-refractivity contribution in [3.63, 3.8) is 0 Å². The zero-order chi connectivity index (χ0) is 52.6. The molecule has 0 bridgehead atoms. The molecule has 57 heavy (non-hydrogen) atoms. The van der Waals surface area contributed by atoms with Crippen LogP contribution >= 0.6 is 0 Å². The number of benzene rings is 9. The fourth-order valence-corrected chi connectivity index (χ4v) is 7.93. The van der Waals surface area contributed by atoms with Crippen LogP contribution in [0.15, 0.2) is 228 Å². The lowest BCUT2D eigenvalue weighted by Gasteiger charge is -2.35. The lowest BCUT2D eigenvalue weighted by Crippen LogP contribution is -2.28. The van der Waals surface area contributed by atoms with E-state index in [1.165, 1.54) is 4.90 Å². The maximum Gasteiger partial charge on any atom is 0.135 e. The van der Waals surface area contributed by atoms with Gasteiger partial charge in [0.1, 0.15) is 11.2 Å². The summed E-state index contributed by atoms with van der Waals surface area (Å²) >= 11 is 0. The molecule has 268 valence electrons. The summed E-state index contributed by atoms with van der Waals surface area (Å²) in [5.74, 6) is 0. The largest absolute Gasteiger partial charge is 0.456 e. The molecule has 0 radical (unpaired) electrons. The lowest BCUT2D eigenvalue weighted by molar-refractivity contribution is 0.669. The molecule has 10 aromatic rings. The van der Waals surface area contributed by atoms with E-state index in [2.05, 4.69) is 0 Å². The molecule has 0 saturated heterocycles. The average molecular weight is 745 g/mol. The standard InChI is InChI=1S/C55H37NO/c1-4-14-38(15-5-1)39-24-29-44(30-25-39)56(45-31-26-40(27-32-45)41-28-35-54-50(36-41)49-21-11-13-23-53(49)57-54)46-33-34-48-47-20-10-12-22-51(47)55(52(48)37-46,42-16-6-2-7-17-42)43-18-8-3-9-19-43/h1-37H/i2D,3D,6D,7D,8D,9D,10D,12D,16D,17D,18D,19D,20D,22D,33D,34D,37D. The van der Waals surface area contributed by atoms with E-state index in [-0.39, 0.29) is 5.69 Å². The Hall–Kier alpha value is -7.42. The van der Waals surface area contributed by atoms with Crippen LogP contribution in [0, 0.1) is 0 Å². The summed E-state index contributed by atoms with van der Waals surface area (Å²) in [5, 5.41) is 1.82. The van der Waals surface area contributed by atoms with Crippen molar-refractivity contribution in [3.8, 4) is 33.4 Å². The third kappa shape index (κ3) is 5.33. The van der Waals surface area contributed by atoms with Gasteiger partial charge in [0.05, 0.1) is 28.7 Å². The second-order valence-electron chi connectivity index (χ2n) is 13.6. The van der Waals surface area contributed by atoms with Gasteiger partial charge in [-0.3, -0.25) is 0 Å². The minimum absolute atomic E-state index is 0.340. The Kier molecular flexibility index (Phi) is 4.69. The number of fused-ring (bicyclic) bond motifs is 6. The Balaban J connectivity index is 1.27. The maximum atomic E-state index is 10.6. The van der Waals surface area contributed by atoms with E-state index < -0.39 is 142 Å². The number of hydrogen-bond donors (Lipinski definition) is 0. The molecule has 0 atom stereocenters. The number of para-hydroxylation sites is 1. The monoisotopic (exact) mass is 744 g/mol. The summed E-state index contributed by atoms with van der Waals surface area (Å²) in [6, 6.07) is 22.4. The molecule has 1 aliphatic rings. The zero-order valence-corrected chi connectivity index (χ0v) is 29.9. The molecule has 11 rings (SSSR count). The van der Waals surface area contributed by atoms with Gasteiger partial charge in [-0.1, -0.05) is 169 Å². The van der Waals surface area contributed by atoms with Crippen LogP contribution in [0.3, 0.4) is 0 Å². The number of nitrogens with zero attached hydrogens (tertiary/aromatic N) is 1. The van der Waals surface area contributed by atoms with Crippen LogP contribution < -0.4 is 4.90 Å². The first kappa shape index (κ1) is 20.0. The summed E-state index contributed by atoms with van der Waals surface area (Å²) in [7, 11) is 0. The normalized spacial score (nSPS) is 16.9. The van der Waals surface area contributed by atoms with Crippen molar-refractivity contribution in [2.75, 3.05) is 4.90 Å². The Bertz CT molecular complexity index is 3920. The van der Waals surface area contributed by atoms with Gasteiger partial charge in [-0.25, -0.2) is 0 Å². The highest BCUT2D eigenvalue weighted by Gasteiger charge is 2.46.